The fourth-order valence-corrected chi connectivity index (χ4v) is 5.15. The van der Waals surface area contributed by atoms with Gasteiger partial charge < -0.3 is 10.2 Å². The number of aromatic nitrogens is 1. The van der Waals surface area contributed by atoms with Gasteiger partial charge in [-0.15, -0.1) is 0 Å². The Kier molecular flexibility index (Phi) is 7.35. The van der Waals surface area contributed by atoms with E-state index in [1.165, 1.54) is 12.8 Å². The predicted octanol–water partition coefficient (Wildman–Crippen LogP) is 3.48. The zero-order valence-electron chi connectivity index (χ0n) is 17.7. The summed E-state index contributed by atoms with van der Waals surface area (Å²) in [6.45, 7) is 3.23. The molecular formula is C24H29BrN4O2. The van der Waals surface area contributed by atoms with Crippen molar-refractivity contribution in [1.29, 1.82) is 0 Å². The number of nitrogens with zero attached hydrogens (tertiary/aromatic N) is 3. The number of nitrogens with one attached hydrogen (secondary N) is 1. The Balaban J connectivity index is 1.39. The van der Waals surface area contributed by atoms with Crippen LogP contribution in [0.25, 0.3) is 0 Å². The fraction of sp³-hybridized carbons (Fsp3) is 0.458. The molecule has 1 unspecified atom stereocenters. The number of halogens is 1. The third-order valence-electron chi connectivity index (χ3n) is 6.37. The second-order valence-corrected chi connectivity index (χ2v) is 9.32. The molecule has 4 rings (SSSR count). The van der Waals surface area contributed by atoms with Gasteiger partial charge in [0.05, 0.1) is 6.04 Å². The molecule has 2 aromatic rings. The molecule has 1 aliphatic carbocycles. The van der Waals surface area contributed by atoms with E-state index in [9.17, 15) is 9.59 Å². The van der Waals surface area contributed by atoms with Crippen LogP contribution in [0.1, 0.15) is 41.6 Å². The molecule has 2 fully saturated rings. The molecule has 1 saturated carbocycles. The van der Waals surface area contributed by atoms with E-state index >= 15 is 0 Å². The SMILES string of the molecule is O=C(NCc1cccnc1)C(C1CCCC1)N1CCN(C(=O)c2cccc(Br)c2)CC1. The average molecular weight is 485 g/mol. The Bertz CT molecular complexity index is 893. The van der Waals surface area contributed by atoms with E-state index < -0.39 is 0 Å². The fourth-order valence-electron chi connectivity index (χ4n) is 4.75. The van der Waals surface area contributed by atoms with Crippen molar-refractivity contribution in [2.75, 3.05) is 26.2 Å². The summed E-state index contributed by atoms with van der Waals surface area (Å²) in [5.74, 6) is 0.545. The lowest BCUT2D eigenvalue weighted by Crippen LogP contribution is -2.57. The summed E-state index contributed by atoms with van der Waals surface area (Å²) < 4.78 is 0.906. The zero-order valence-corrected chi connectivity index (χ0v) is 19.3. The summed E-state index contributed by atoms with van der Waals surface area (Å²) >= 11 is 3.44. The Labute approximate surface area is 192 Å². The summed E-state index contributed by atoms with van der Waals surface area (Å²) in [5, 5.41) is 3.13. The summed E-state index contributed by atoms with van der Waals surface area (Å²) in [6.07, 6.45) is 8.11. The molecule has 1 N–H and O–H groups in total. The van der Waals surface area contributed by atoms with Crippen molar-refractivity contribution in [1.82, 2.24) is 20.1 Å². The van der Waals surface area contributed by atoms with Crippen molar-refractivity contribution in [3.8, 4) is 0 Å². The van der Waals surface area contributed by atoms with Crippen LogP contribution in [0.2, 0.25) is 0 Å². The number of carbonyl (C=O) groups excluding carboxylic acids is 2. The molecule has 1 aromatic carbocycles. The highest BCUT2D eigenvalue weighted by atomic mass is 79.9. The first-order valence-electron chi connectivity index (χ1n) is 11.1. The van der Waals surface area contributed by atoms with Crippen molar-refractivity contribution in [2.45, 2.75) is 38.3 Å². The second-order valence-electron chi connectivity index (χ2n) is 8.41. The number of carbonyl (C=O) groups is 2. The first-order valence-corrected chi connectivity index (χ1v) is 11.9. The lowest BCUT2D eigenvalue weighted by Gasteiger charge is -2.40. The van der Waals surface area contributed by atoms with Gasteiger partial charge in [-0.05, 0) is 48.6 Å². The van der Waals surface area contributed by atoms with Gasteiger partial charge in [0.25, 0.3) is 5.91 Å². The quantitative estimate of drug-likeness (QED) is 0.681. The molecule has 164 valence electrons. The summed E-state index contributed by atoms with van der Waals surface area (Å²) in [4.78, 5) is 34.4. The first kappa shape index (κ1) is 22.0. The van der Waals surface area contributed by atoms with Gasteiger partial charge in [0.2, 0.25) is 5.91 Å². The molecule has 2 amide bonds. The zero-order chi connectivity index (χ0) is 21.6. The third-order valence-corrected chi connectivity index (χ3v) is 6.86. The number of amides is 2. The maximum Gasteiger partial charge on any atom is 0.253 e. The van der Waals surface area contributed by atoms with E-state index in [4.69, 9.17) is 0 Å². The molecule has 2 aliphatic rings. The van der Waals surface area contributed by atoms with E-state index in [0.29, 0.717) is 31.1 Å². The highest BCUT2D eigenvalue weighted by Crippen LogP contribution is 2.31. The third kappa shape index (κ3) is 5.52. The van der Waals surface area contributed by atoms with Crippen LogP contribution in [0, 0.1) is 5.92 Å². The largest absolute Gasteiger partial charge is 0.351 e. The van der Waals surface area contributed by atoms with Crippen LogP contribution >= 0.6 is 15.9 Å². The highest BCUT2D eigenvalue weighted by Gasteiger charge is 2.37. The van der Waals surface area contributed by atoms with Crippen LogP contribution in [-0.2, 0) is 11.3 Å². The van der Waals surface area contributed by atoms with E-state index in [0.717, 1.165) is 36.0 Å². The van der Waals surface area contributed by atoms with Gasteiger partial charge in [-0.3, -0.25) is 19.5 Å². The van der Waals surface area contributed by atoms with Crippen molar-refractivity contribution in [3.63, 3.8) is 0 Å². The molecule has 31 heavy (non-hydrogen) atoms. The molecule has 2 heterocycles. The van der Waals surface area contributed by atoms with E-state index in [2.05, 4.69) is 31.1 Å². The van der Waals surface area contributed by atoms with Crippen LogP contribution < -0.4 is 5.32 Å². The Hall–Kier alpha value is -2.25. The molecule has 7 heteroatoms. The number of hydrogen-bond acceptors (Lipinski definition) is 4. The molecule has 0 radical (unpaired) electrons. The van der Waals surface area contributed by atoms with Crippen molar-refractivity contribution < 1.29 is 9.59 Å². The maximum atomic E-state index is 13.2. The number of benzene rings is 1. The molecule has 6 nitrogen and oxygen atoms in total. The van der Waals surface area contributed by atoms with Gasteiger partial charge in [0, 0.05) is 55.2 Å². The number of hydrogen-bond donors (Lipinski definition) is 1. The van der Waals surface area contributed by atoms with Crippen molar-refractivity contribution in [2.24, 2.45) is 5.92 Å². The lowest BCUT2D eigenvalue weighted by atomic mass is 9.95. The molecule has 0 spiro atoms. The lowest BCUT2D eigenvalue weighted by molar-refractivity contribution is -0.129. The summed E-state index contributed by atoms with van der Waals surface area (Å²) in [5.41, 5.74) is 1.70. The van der Waals surface area contributed by atoms with Crippen LogP contribution in [0.15, 0.2) is 53.3 Å². The minimum Gasteiger partial charge on any atom is -0.351 e. The number of pyridine rings is 1. The molecule has 1 atom stereocenters. The average Bonchev–Trinajstić information content (AvgIpc) is 3.33. The van der Waals surface area contributed by atoms with Crippen LogP contribution in [0.3, 0.4) is 0 Å². The maximum absolute atomic E-state index is 13.2. The molecule has 1 aromatic heterocycles. The number of piperazine rings is 1. The smallest absolute Gasteiger partial charge is 0.253 e. The normalized spacial score (nSPS) is 18.7. The number of rotatable bonds is 6. The van der Waals surface area contributed by atoms with Gasteiger partial charge in [0.1, 0.15) is 0 Å². The van der Waals surface area contributed by atoms with E-state index in [-0.39, 0.29) is 17.9 Å². The van der Waals surface area contributed by atoms with E-state index in [1.807, 2.05) is 41.3 Å². The molecule has 1 saturated heterocycles. The van der Waals surface area contributed by atoms with Gasteiger partial charge in [-0.1, -0.05) is 40.9 Å². The Morgan fingerprint density at radius 2 is 1.87 bits per heavy atom. The monoisotopic (exact) mass is 484 g/mol. The highest BCUT2D eigenvalue weighted by molar-refractivity contribution is 9.10. The van der Waals surface area contributed by atoms with Gasteiger partial charge in [-0.25, -0.2) is 0 Å². The Morgan fingerprint density at radius 3 is 2.55 bits per heavy atom. The summed E-state index contributed by atoms with van der Waals surface area (Å²) in [7, 11) is 0. The Morgan fingerprint density at radius 1 is 1.10 bits per heavy atom. The van der Waals surface area contributed by atoms with Crippen LogP contribution in [0.5, 0.6) is 0 Å². The minimum atomic E-state index is -0.123. The second kappa shape index (κ2) is 10.4. The van der Waals surface area contributed by atoms with Gasteiger partial charge in [0.15, 0.2) is 0 Å². The predicted molar refractivity (Wildman–Crippen MR) is 123 cm³/mol. The van der Waals surface area contributed by atoms with Gasteiger partial charge in [-0.2, -0.15) is 0 Å². The van der Waals surface area contributed by atoms with Gasteiger partial charge >= 0.3 is 0 Å². The molecule has 0 bridgehead atoms. The van der Waals surface area contributed by atoms with Crippen LogP contribution in [0.4, 0.5) is 0 Å². The topological polar surface area (TPSA) is 65.5 Å². The molecule has 1 aliphatic heterocycles. The first-order chi connectivity index (χ1) is 15.1. The van der Waals surface area contributed by atoms with Crippen molar-refractivity contribution in [3.05, 3.63) is 64.4 Å². The minimum absolute atomic E-state index is 0.0550. The van der Waals surface area contributed by atoms with E-state index in [1.54, 1.807) is 12.4 Å². The standard InChI is InChI=1S/C24H29BrN4O2/c25-21-9-3-8-20(15-21)24(31)29-13-11-28(12-14-29)22(19-6-1-2-7-19)23(30)27-17-18-5-4-10-26-16-18/h3-5,8-10,15-16,19,22H,1-2,6-7,11-14,17H2,(H,27,30). The van der Waals surface area contributed by atoms with Crippen LogP contribution in [-0.4, -0.2) is 58.8 Å². The molecular weight excluding hydrogens is 456 g/mol. The summed E-state index contributed by atoms with van der Waals surface area (Å²) in [6, 6.07) is 11.3. The van der Waals surface area contributed by atoms with Crippen molar-refractivity contribution >= 4 is 27.7 Å².